The van der Waals surface area contributed by atoms with Gasteiger partial charge in [0.25, 0.3) is 5.91 Å². The van der Waals surface area contributed by atoms with Gasteiger partial charge in [0.15, 0.2) is 11.6 Å². The highest BCUT2D eigenvalue weighted by atomic mass is 16.2. The molecule has 1 aliphatic heterocycles. The van der Waals surface area contributed by atoms with E-state index < -0.39 is 0 Å². The lowest BCUT2D eigenvalue weighted by atomic mass is 9.98. The van der Waals surface area contributed by atoms with Gasteiger partial charge in [0.05, 0.1) is 29.9 Å². The van der Waals surface area contributed by atoms with Gasteiger partial charge >= 0.3 is 0 Å². The van der Waals surface area contributed by atoms with Crippen molar-refractivity contribution in [2.24, 2.45) is 13.0 Å². The molecule has 1 aliphatic rings. The van der Waals surface area contributed by atoms with Crippen molar-refractivity contribution in [2.45, 2.75) is 26.4 Å². The summed E-state index contributed by atoms with van der Waals surface area (Å²) in [7, 11) is 1.95. The third kappa shape index (κ3) is 2.98. The molecule has 0 aliphatic carbocycles. The molecule has 0 N–H and O–H groups in total. The maximum Gasteiger partial charge on any atom is 0.254 e. The van der Waals surface area contributed by atoms with Gasteiger partial charge in [-0.1, -0.05) is 44.2 Å². The molecule has 0 saturated heterocycles. The number of amides is 1. The van der Waals surface area contributed by atoms with Crippen LogP contribution in [0.15, 0.2) is 54.9 Å². The summed E-state index contributed by atoms with van der Waals surface area (Å²) >= 11 is 0. The highest BCUT2D eigenvalue weighted by Gasteiger charge is 2.36. The van der Waals surface area contributed by atoms with E-state index in [-0.39, 0.29) is 17.9 Å². The van der Waals surface area contributed by atoms with Gasteiger partial charge in [-0.25, -0.2) is 14.6 Å². The number of fused-ring (bicyclic) bond motifs is 2. The van der Waals surface area contributed by atoms with Crippen molar-refractivity contribution in [1.82, 2.24) is 29.2 Å². The predicted molar refractivity (Wildman–Crippen MR) is 115 cm³/mol. The summed E-state index contributed by atoms with van der Waals surface area (Å²) < 4.78 is 3.91. The molecule has 0 radical (unpaired) electrons. The molecule has 4 aromatic rings. The Balaban J connectivity index is 1.51. The predicted octanol–water partition coefficient (Wildman–Crippen LogP) is 3.68. The third-order valence-corrected chi connectivity index (χ3v) is 5.75. The molecule has 7 nitrogen and oxygen atoms in total. The van der Waals surface area contributed by atoms with Crippen LogP contribution in [0, 0.1) is 5.92 Å². The van der Waals surface area contributed by atoms with E-state index in [1.807, 2.05) is 69.7 Å². The highest BCUT2D eigenvalue weighted by molar-refractivity contribution is 5.97. The fourth-order valence-corrected chi connectivity index (χ4v) is 4.25. The molecule has 1 amide bonds. The Bertz CT molecular complexity index is 1220. The van der Waals surface area contributed by atoms with Gasteiger partial charge in [-0.15, -0.1) is 0 Å². The summed E-state index contributed by atoms with van der Waals surface area (Å²) in [6, 6.07) is 15.6. The lowest BCUT2D eigenvalue weighted by Crippen LogP contribution is -2.44. The van der Waals surface area contributed by atoms with E-state index in [1.165, 1.54) is 0 Å². The van der Waals surface area contributed by atoms with Crippen LogP contribution in [0.25, 0.3) is 22.4 Å². The fraction of sp³-hybridized carbons (Fsp3) is 0.304. The standard InChI is InChI=1S/C23H24N6O/c1-15(2)20-22-25-21(16-7-5-4-6-8-16)26-29(22)12-11-28(20)23(30)17-9-10-19-18(13-17)24-14-27(19)3/h4-10,13-15,20H,11-12H2,1-3H3/t20-/m0/s1. The Morgan fingerprint density at radius 1 is 1.10 bits per heavy atom. The first kappa shape index (κ1) is 18.5. The number of aryl methyl sites for hydroxylation is 1. The molecule has 2 aromatic heterocycles. The van der Waals surface area contributed by atoms with E-state index in [4.69, 9.17) is 10.1 Å². The average Bonchev–Trinajstić information content (AvgIpc) is 3.36. The third-order valence-electron chi connectivity index (χ3n) is 5.75. The maximum atomic E-state index is 13.5. The van der Waals surface area contributed by atoms with Crippen molar-refractivity contribution >= 4 is 16.9 Å². The lowest BCUT2D eigenvalue weighted by molar-refractivity contribution is 0.0537. The second kappa shape index (κ2) is 7.09. The van der Waals surface area contributed by atoms with Crippen molar-refractivity contribution in [3.63, 3.8) is 0 Å². The zero-order valence-corrected chi connectivity index (χ0v) is 17.4. The average molecular weight is 400 g/mol. The molecule has 2 aromatic carbocycles. The molecular weight excluding hydrogens is 376 g/mol. The van der Waals surface area contributed by atoms with Crippen molar-refractivity contribution in [2.75, 3.05) is 6.54 Å². The summed E-state index contributed by atoms with van der Waals surface area (Å²) in [6.45, 7) is 5.49. The van der Waals surface area contributed by atoms with E-state index in [2.05, 4.69) is 18.8 Å². The summed E-state index contributed by atoms with van der Waals surface area (Å²) in [6.07, 6.45) is 1.77. The van der Waals surface area contributed by atoms with Crippen LogP contribution >= 0.6 is 0 Å². The van der Waals surface area contributed by atoms with Crippen LogP contribution in [-0.4, -0.2) is 41.7 Å². The second-order valence-corrected chi connectivity index (χ2v) is 8.13. The van der Waals surface area contributed by atoms with Gasteiger partial charge in [0, 0.05) is 24.7 Å². The molecular formula is C23H24N6O. The Kier molecular flexibility index (Phi) is 4.38. The number of nitrogens with zero attached hydrogens (tertiary/aromatic N) is 6. The van der Waals surface area contributed by atoms with Crippen LogP contribution in [0.4, 0.5) is 0 Å². The number of rotatable bonds is 3. The lowest BCUT2D eigenvalue weighted by Gasteiger charge is -2.37. The van der Waals surface area contributed by atoms with Crippen molar-refractivity contribution in [3.8, 4) is 11.4 Å². The zero-order valence-electron chi connectivity index (χ0n) is 17.4. The summed E-state index contributed by atoms with van der Waals surface area (Å²) in [5.74, 6) is 1.78. The van der Waals surface area contributed by atoms with E-state index in [1.54, 1.807) is 6.33 Å². The minimum atomic E-state index is -0.129. The molecule has 0 spiro atoms. The van der Waals surface area contributed by atoms with E-state index in [9.17, 15) is 4.79 Å². The Hall–Kier alpha value is -3.48. The first-order chi connectivity index (χ1) is 14.5. The zero-order chi connectivity index (χ0) is 20.8. The monoisotopic (exact) mass is 400 g/mol. The summed E-state index contributed by atoms with van der Waals surface area (Å²) in [5, 5.41) is 4.72. The molecule has 30 heavy (non-hydrogen) atoms. The Morgan fingerprint density at radius 2 is 1.90 bits per heavy atom. The number of hydrogen-bond donors (Lipinski definition) is 0. The SMILES string of the molecule is CC(C)[C@H]1c2nc(-c3ccccc3)nn2CCN1C(=O)c1ccc2c(c1)ncn2C. The molecule has 0 saturated carbocycles. The summed E-state index contributed by atoms with van der Waals surface area (Å²) in [5.41, 5.74) is 3.48. The first-order valence-corrected chi connectivity index (χ1v) is 10.2. The molecule has 152 valence electrons. The highest BCUT2D eigenvalue weighted by Crippen LogP contribution is 2.33. The van der Waals surface area contributed by atoms with Gasteiger partial charge < -0.3 is 9.47 Å². The van der Waals surface area contributed by atoms with Crippen LogP contribution < -0.4 is 0 Å². The molecule has 0 fully saturated rings. The molecule has 7 heteroatoms. The minimum Gasteiger partial charge on any atom is -0.334 e. The van der Waals surface area contributed by atoms with Gasteiger partial charge in [-0.05, 0) is 24.1 Å². The van der Waals surface area contributed by atoms with Gasteiger partial charge in [0.2, 0.25) is 0 Å². The molecule has 5 rings (SSSR count). The van der Waals surface area contributed by atoms with Crippen LogP contribution in [0.3, 0.4) is 0 Å². The van der Waals surface area contributed by atoms with Gasteiger partial charge in [0.1, 0.15) is 0 Å². The molecule has 1 atom stereocenters. The van der Waals surface area contributed by atoms with Crippen LogP contribution in [0.1, 0.15) is 36.1 Å². The number of carbonyl (C=O) groups excluding carboxylic acids is 1. The smallest absolute Gasteiger partial charge is 0.254 e. The summed E-state index contributed by atoms with van der Waals surface area (Å²) in [4.78, 5) is 24.7. The van der Waals surface area contributed by atoms with Crippen molar-refractivity contribution < 1.29 is 4.79 Å². The first-order valence-electron chi connectivity index (χ1n) is 10.2. The number of hydrogen-bond acceptors (Lipinski definition) is 4. The fourth-order valence-electron chi connectivity index (χ4n) is 4.25. The Morgan fingerprint density at radius 3 is 2.67 bits per heavy atom. The van der Waals surface area contributed by atoms with Gasteiger partial charge in [-0.3, -0.25) is 4.79 Å². The topological polar surface area (TPSA) is 68.8 Å². The maximum absolute atomic E-state index is 13.5. The quantitative estimate of drug-likeness (QED) is 0.526. The largest absolute Gasteiger partial charge is 0.334 e. The van der Waals surface area contributed by atoms with E-state index in [0.29, 0.717) is 24.5 Å². The number of imidazole rings is 1. The molecule has 0 bridgehead atoms. The van der Waals surface area contributed by atoms with Crippen LogP contribution in [0.2, 0.25) is 0 Å². The van der Waals surface area contributed by atoms with Crippen molar-refractivity contribution in [3.05, 3.63) is 66.2 Å². The van der Waals surface area contributed by atoms with Crippen LogP contribution in [-0.2, 0) is 13.6 Å². The van der Waals surface area contributed by atoms with Crippen LogP contribution in [0.5, 0.6) is 0 Å². The number of aromatic nitrogens is 5. The number of benzene rings is 2. The molecule has 3 heterocycles. The van der Waals surface area contributed by atoms with Crippen molar-refractivity contribution in [1.29, 1.82) is 0 Å². The van der Waals surface area contributed by atoms with E-state index in [0.717, 1.165) is 22.4 Å². The van der Waals surface area contributed by atoms with E-state index >= 15 is 0 Å². The van der Waals surface area contributed by atoms with Gasteiger partial charge in [-0.2, -0.15) is 5.10 Å². The minimum absolute atomic E-state index is 0.0109. The number of carbonyl (C=O) groups is 1. The second-order valence-electron chi connectivity index (χ2n) is 8.13. The molecule has 0 unspecified atom stereocenters. The Labute approximate surface area is 175 Å². The normalized spacial score (nSPS) is 16.3.